The molecule has 6 aromatic rings. The lowest BCUT2D eigenvalue weighted by molar-refractivity contribution is 0.598. The molecule has 0 fully saturated rings. The number of halogens is 3. The van der Waals surface area contributed by atoms with Crippen LogP contribution in [0.5, 0.6) is 0 Å². The smallest absolute Gasteiger partial charge is 0.285 e. The third kappa shape index (κ3) is 6.97. The Bertz CT molecular complexity index is 2120. The Labute approximate surface area is 276 Å². The van der Waals surface area contributed by atoms with Crippen LogP contribution < -0.4 is 10.2 Å². The Balaban J connectivity index is 1.64. The van der Waals surface area contributed by atoms with Crippen molar-refractivity contribution in [1.29, 1.82) is 0 Å². The summed E-state index contributed by atoms with van der Waals surface area (Å²) in [5, 5.41) is 6.54. The van der Waals surface area contributed by atoms with E-state index in [0.717, 1.165) is 21.9 Å². The zero-order valence-electron chi connectivity index (χ0n) is 23.8. The summed E-state index contributed by atoms with van der Waals surface area (Å²) < 4.78 is 32.2. The van der Waals surface area contributed by atoms with Crippen LogP contribution in [-0.4, -0.2) is 19.4 Å². The van der Waals surface area contributed by atoms with Gasteiger partial charge in [0.25, 0.3) is 10.0 Å². The summed E-state index contributed by atoms with van der Waals surface area (Å²) in [6, 6.07) is 37.6. The van der Waals surface area contributed by atoms with E-state index in [9.17, 15) is 8.42 Å². The van der Waals surface area contributed by atoms with Gasteiger partial charge in [-0.2, -0.15) is 8.42 Å². The highest BCUT2D eigenvalue weighted by Gasteiger charge is 2.25. The highest BCUT2D eigenvalue weighted by atomic mass is 35.5. The van der Waals surface area contributed by atoms with Crippen LogP contribution in [0.25, 0.3) is 22.0 Å². The number of hydrogen-bond acceptors (Lipinski definition) is 3. The van der Waals surface area contributed by atoms with Crippen LogP contribution in [0.4, 0.5) is 17.2 Å². The van der Waals surface area contributed by atoms with Crippen molar-refractivity contribution in [2.45, 2.75) is 11.8 Å². The number of rotatable bonds is 6. The molecule has 1 N–H and O–H groups in total. The van der Waals surface area contributed by atoms with Gasteiger partial charge in [-0.05, 0) is 91.2 Å². The first-order chi connectivity index (χ1) is 21.7. The highest BCUT2D eigenvalue weighted by molar-refractivity contribution is 7.90. The first-order valence-corrected chi connectivity index (χ1v) is 16.4. The van der Waals surface area contributed by atoms with E-state index >= 15 is 0 Å². The minimum Gasteiger partial charge on any atom is -0.325 e. The molecule has 0 radical (unpaired) electrons. The summed E-state index contributed by atoms with van der Waals surface area (Å²) in [4.78, 5) is 6.83. The third-order valence-electron chi connectivity index (χ3n) is 6.99. The Kier molecular flexibility index (Phi) is 8.79. The second kappa shape index (κ2) is 12.9. The molecule has 0 unspecified atom stereocenters. The maximum Gasteiger partial charge on any atom is 0.285 e. The molecule has 6 nitrogen and oxygen atoms in total. The van der Waals surface area contributed by atoms with Gasteiger partial charge in [0, 0.05) is 31.7 Å². The number of hydrogen-bond donors (Lipinski definition) is 1. The maximum absolute atomic E-state index is 13.9. The molecule has 0 aliphatic carbocycles. The Morgan fingerprint density at radius 2 is 1.31 bits per heavy atom. The lowest BCUT2D eigenvalue weighted by atomic mass is 10.1. The van der Waals surface area contributed by atoms with Crippen molar-refractivity contribution in [1.82, 2.24) is 4.98 Å². The third-order valence-corrected chi connectivity index (χ3v) is 9.03. The van der Waals surface area contributed by atoms with Gasteiger partial charge in [0.15, 0.2) is 0 Å². The number of nitrogens with zero attached hydrogens (tertiary/aromatic N) is 3. The summed E-state index contributed by atoms with van der Waals surface area (Å²) in [6.07, 6.45) is 0. The van der Waals surface area contributed by atoms with E-state index in [2.05, 4.69) is 9.71 Å². The summed E-state index contributed by atoms with van der Waals surface area (Å²) in [5.41, 5.74) is 3.55. The second-order valence-electron chi connectivity index (χ2n) is 10.2. The molecule has 10 heteroatoms. The van der Waals surface area contributed by atoms with Crippen LogP contribution in [0.15, 0.2) is 137 Å². The van der Waals surface area contributed by atoms with Crippen LogP contribution in [0.3, 0.4) is 0 Å². The fraction of sp³-hybridized carbons (Fsp3) is 0.0286. The molecule has 6 rings (SSSR count). The minimum atomic E-state index is -4.20. The monoisotopic (exact) mass is 670 g/mol. The lowest BCUT2D eigenvalue weighted by Gasteiger charge is -2.28. The Hall–Kier alpha value is -4.40. The van der Waals surface area contributed by atoms with Gasteiger partial charge in [0.05, 0.1) is 16.3 Å². The largest absolute Gasteiger partial charge is 0.325 e. The predicted octanol–water partition coefficient (Wildman–Crippen LogP) is 10.2. The average Bonchev–Trinajstić information content (AvgIpc) is 3.03. The number of aromatic nitrogens is 1. The number of sulfonamides is 1. The average molecular weight is 672 g/mol. The molecule has 0 saturated heterocycles. The molecule has 1 heterocycles. The Morgan fingerprint density at radius 1 is 0.733 bits per heavy atom. The van der Waals surface area contributed by atoms with Gasteiger partial charge >= 0.3 is 0 Å². The van der Waals surface area contributed by atoms with Gasteiger partial charge < -0.3 is 5.32 Å². The SMILES string of the molecule is Cc1ccc(S(=O)(=O)/N=C(\Nc2ccc(Cl)cc2)N(c2ccc(Cl)cc2)c2nc(-c3ccc(Cl)cc3)cc3ccccc23)cc1. The van der Waals surface area contributed by atoms with E-state index < -0.39 is 10.0 Å². The molecule has 5 aromatic carbocycles. The zero-order chi connectivity index (χ0) is 31.6. The molecular formula is C35H25Cl3N4O2S. The van der Waals surface area contributed by atoms with Gasteiger partial charge in [-0.1, -0.05) is 88.9 Å². The van der Waals surface area contributed by atoms with E-state index in [0.29, 0.717) is 38.0 Å². The van der Waals surface area contributed by atoms with Crippen LogP contribution in [0.1, 0.15) is 5.56 Å². The zero-order valence-corrected chi connectivity index (χ0v) is 26.9. The molecule has 0 amide bonds. The molecule has 0 spiro atoms. The van der Waals surface area contributed by atoms with E-state index in [1.54, 1.807) is 77.7 Å². The fourth-order valence-electron chi connectivity index (χ4n) is 4.71. The van der Waals surface area contributed by atoms with Crippen LogP contribution in [-0.2, 0) is 10.0 Å². The van der Waals surface area contributed by atoms with E-state index in [1.807, 2.05) is 49.4 Å². The summed E-state index contributed by atoms with van der Waals surface area (Å²) in [5.74, 6) is 0.436. The van der Waals surface area contributed by atoms with Crippen molar-refractivity contribution >= 4 is 78.8 Å². The van der Waals surface area contributed by atoms with Crippen molar-refractivity contribution < 1.29 is 8.42 Å². The lowest BCUT2D eigenvalue weighted by Crippen LogP contribution is -2.34. The number of benzene rings is 5. The number of fused-ring (bicyclic) bond motifs is 1. The van der Waals surface area contributed by atoms with Gasteiger partial charge in [0.1, 0.15) is 5.82 Å². The number of nitrogens with one attached hydrogen (secondary N) is 1. The molecule has 1 aromatic heterocycles. The fourth-order valence-corrected chi connectivity index (χ4v) is 6.03. The second-order valence-corrected chi connectivity index (χ2v) is 13.1. The number of pyridine rings is 1. The summed E-state index contributed by atoms with van der Waals surface area (Å²) in [7, 11) is -4.20. The molecule has 45 heavy (non-hydrogen) atoms. The Morgan fingerprint density at radius 3 is 1.96 bits per heavy atom. The minimum absolute atomic E-state index is 0.00821. The molecule has 0 bridgehead atoms. The maximum atomic E-state index is 13.9. The quantitative estimate of drug-likeness (QED) is 0.141. The molecule has 0 aliphatic heterocycles. The first-order valence-electron chi connectivity index (χ1n) is 13.8. The van der Waals surface area contributed by atoms with Gasteiger partial charge in [-0.25, -0.2) is 4.98 Å². The van der Waals surface area contributed by atoms with Crippen molar-refractivity contribution in [3.8, 4) is 11.3 Å². The van der Waals surface area contributed by atoms with Crippen molar-refractivity contribution in [2.24, 2.45) is 4.40 Å². The van der Waals surface area contributed by atoms with Gasteiger partial charge in [-0.15, -0.1) is 4.40 Å². The molecule has 0 saturated carbocycles. The van der Waals surface area contributed by atoms with Crippen LogP contribution in [0.2, 0.25) is 15.1 Å². The van der Waals surface area contributed by atoms with Gasteiger partial charge in [-0.3, -0.25) is 4.90 Å². The van der Waals surface area contributed by atoms with E-state index in [-0.39, 0.29) is 10.9 Å². The van der Waals surface area contributed by atoms with Crippen LogP contribution in [0, 0.1) is 6.92 Å². The first kappa shape index (κ1) is 30.6. The molecule has 224 valence electrons. The number of aryl methyl sites for hydroxylation is 1. The standard InChI is InChI=1S/C35H25Cl3N4O2S/c1-23-6-20-31(21-7-23)45(43,44)41-35(39-29-16-12-27(37)13-17-29)42(30-18-14-28(38)15-19-30)34-32-5-3-2-4-25(32)22-33(40-34)24-8-10-26(36)11-9-24/h2-22H,1H3,(H,39,41). The topological polar surface area (TPSA) is 74.7 Å². The summed E-state index contributed by atoms with van der Waals surface area (Å²) in [6.45, 7) is 1.89. The molecule has 0 aliphatic rings. The number of guanidine groups is 1. The van der Waals surface area contributed by atoms with E-state index in [1.165, 1.54) is 12.1 Å². The summed E-state index contributed by atoms with van der Waals surface area (Å²) >= 11 is 18.7. The molecular weight excluding hydrogens is 647 g/mol. The van der Waals surface area contributed by atoms with E-state index in [4.69, 9.17) is 39.8 Å². The van der Waals surface area contributed by atoms with Crippen molar-refractivity contribution in [3.63, 3.8) is 0 Å². The number of anilines is 3. The molecule has 0 atom stereocenters. The normalized spacial score (nSPS) is 11.9. The highest BCUT2D eigenvalue weighted by Crippen LogP contribution is 2.36. The van der Waals surface area contributed by atoms with Crippen LogP contribution >= 0.6 is 34.8 Å². The van der Waals surface area contributed by atoms with Crippen molar-refractivity contribution in [3.05, 3.63) is 148 Å². The van der Waals surface area contributed by atoms with Gasteiger partial charge in [0.2, 0.25) is 5.96 Å². The predicted molar refractivity (Wildman–Crippen MR) is 187 cm³/mol. The van der Waals surface area contributed by atoms with Crippen molar-refractivity contribution in [2.75, 3.05) is 10.2 Å².